The lowest BCUT2D eigenvalue weighted by molar-refractivity contribution is -0.138. The van der Waals surface area contributed by atoms with Crippen molar-refractivity contribution in [2.24, 2.45) is 5.14 Å². The number of sulfonamides is 1. The quantitative estimate of drug-likeness (QED) is 0.428. The standard InChI is InChI=1S/C18H19NO6S/c1-23-17-5-3-2-4-14(17)6-11-18(20)25-13-12-24-15-7-9-16(10-8-15)26(19,21)22/h2-11H,12-13H2,1H3,(H2,19,21,22)/b11-6+. The molecule has 0 aliphatic carbocycles. The number of esters is 1. The molecule has 0 unspecified atom stereocenters. The van der Waals surface area contributed by atoms with Crippen LogP contribution in [0.25, 0.3) is 6.08 Å². The minimum absolute atomic E-state index is 0.00208. The predicted octanol–water partition coefficient (Wildman–Crippen LogP) is 1.98. The predicted molar refractivity (Wildman–Crippen MR) is 96.3 cm³/mol. The van der Waals surface area contributed by atoms with Crippen LogP contribution >= 0.6 is 0 Å². The van der Waals surface area contributed by atoms with Crippen molar-refractivity contribution >= 4 is 22.1 Å². The summed E-state index contributed by atoms with van der Waals surface area (Å²) in [7, 11) is -2.18. The molecule has 0 radical (unpaired) electrons. The second kappa shape index (κ2) is 9.02. The number of methoxy groups -OCH3 is 1. The molecule has 0 heterocycles. The van der Waals surface area contributed by atoms with Crippen LogP contribution in [0.4, 0.5) is 0 Å². The Morgan fingerprint density at radius 1 is 1.08 bits per heavy atom. The minimum Gasteiger partial charge on any atom is -0.496 e. The highest BCUT2D eigenvalue weighted by molar-refractivity contribution is 7.89. The summed E-state index contributed by atoms with van der Waals surface area (Å²) in [5.41, 5.74) is 0.762. The first-order chi connectivity index (χ1) is 12.4. The minimum atomic E-state index is -3.73. The van der Waals surface area contributed by atoms with Crippen LogP contribution in [-0.2, 0) is 19.6 Å². The van der Waals surface area contributed by atoms with Crippen LogP contribution in [-0.4, -0.2) is 34.7 Å². The number of ether oxygens (including phenoxy) is 3. The molecule has 7 nitrogen and oxygen atoms in total. The molecule has 0 aliphatic heterocycles. The first kappa shape index (κ1) is 19.5. The van der Waals surface area contributed by atoms with Gasteiger partial charge in [-0.25, -0.2) is 18.4 Å². The number of benzene rings is 2. The van der Waals surface area contributed by atoms with Crippen molar-refractivity contribution in [3.8, 4) is 11.5 Å². The van der Waals surface area contributed by atoms with Crippen molar-refractivity contribution in [3.63, 3.8) is 0 Å². The number of nitrogens with two attached hydrogens (primary N) is 1. The van der Waals surface area contributed by atoms with Crippen molar-refractivity contribution in [2.45, 2.75) is 4.90 Å². The van der Waals surface area contributed by atoms with Gasteiger partial charge in [-0.2, -0.15) is 0 Å². The topological polar surface area (TPSA) is 105 Å². The third-order valence-electron chi connectivity index (χ3n) is 3.29. The zero-order chi connectivity index (χ0) is 19.0. The maximum absolute atomic E-state index is 11.7. The van der Waals surface area contributed by atoms with E-state index in [4.69, 9.17) is 19.3 Å². The number of carbonyl (C=O) groups is 1. The largest absolute Gasteiger partial charge is 0.496 e. The van der Waals surface area contributed by atoms with Gasteiger partial charge in [0, 0.05) is 11.6 Å². The SMILES string of the molecule is COc1ccccc1/C=C/C(=O)OCCOc1ccc(S(N)(=O)=O)cc1. The lowest BCUT2D eigenvalue weighted by atomic mass is 10.2. The maximum Gasteiger partial charge on any atom is 0.330 e. The summed E-state index contributed by atoms with van der Waals surface area (Å²) in [6, 6.07) is 12.9. The van der Waals surface area contributed by atoms with Gasteiger partial charge in [-0.3, -0.25) is 0 Å². The molecule has 26 heavy (non-hydrogen) atoms. The Balaban J connectivity index is 1.77. The van der Waals surface area contributed by atoms with E-state index in [1.165, 1.54) is 30.3 Å². The van der Waals surface area contributed by atoms with Crippen LogP contribution in [0, 0.1) is 0 Å². The van der Waals surface area contributed by atoms with E-state index in [0.29, 0.717) is 11.5 Å². The molecule has 0 saturated heterocycles. The Hall–Kier alpha value is -2.84. The highest BCUT2D eigenvalue weighted by atomic mass is 32.2. The van der Waals surface area contributed by atoms with E-state index >= 15 is 0 Å². The van der Waals surface area contributed by atoms with Crippen molar-refractivity contribution in [2.75, 3.05) is 20.3 Å². The van der Waals surface area contributed by atoms with Gasteiger partial charge in [-0.1, -0.05) is 18.2 Å². The molecule has 0 fully saturated rings. The fourth-order valence-electron chi connectivity index (χ4n) is 2.04. The molecule has 2 aromatic carbocycles. The molecule has 0 saturated carbocycles. The maximum atomic E-state index is 11.7. The Bertz CT molecular complexity index is 875. The third-order valence-corrected chi connectivity index (χ3v) is 4.22. The number of primary sulfonamides is 1. The molecule has 0 aliphatic rings. The zero-order valence-electron chi connectivity index (χ0n) is 14.1. The normalized spacial score (nSPS) is 11.3. The Morgan fingerprint density at radius 3 is 2.42 bits per heavy atom. The highest BCUT2D eigenvalue weighted by Gasteiger charge is 2.07. The molecule has 0 spiro atoms. The van der Waals surface area contributed by atoms with E-state index in [-0.39, 0.29) is 18.1 Å². The molecule has 2 rings (SSSR count). The third kappa shape index (κ3) is 5.91. The van der Waals surface area contributed by atoms with Crippen LogP contribution in [0.15, 0.2) is 59.5 Å². The van der Waals surface area contributed by atoms with Gasteiger partial charge in [0.1, 0.15) is 24.7 Å². The van der Waals surface area contributed by atoms with Crippen LogP contribution < -0.4 is 14.6 Å². The molecule has 2 aromatic rings. The number of rotatable bonds is 8. The van der Waals surface area contributed by atoms with Gasteiger partial charge in [0.2, 0.25) is 10.0 Å². The van der Waals surface area contributed by atoms with E-state index in [0.717, 1.165) is 5.56 Å². The Labute approximate surface area is 152 Å². The van der Waals surface area contributed by atoms with Crippen molar-refractivity contribution in [1.82, 2.24) is 0 Å². The Morgan fingerprint density at radius 2 is 1.77 bits per heavy atom. The number of hydrogen-bond donors (Lipinski definition) is 1. The highest BCUT2D eigenvalue weighted by Crippen LogP contribution is 2.18. The van der Waals surface area contributed by atoms with Crippen LogP contribution in [0.5, 0.6) is 11.5 Å². The summed E-state index contributed by atoms with van der Waals surface area (Å²) in [6.07, 6.45) is 2.91. The lowest BCUT2D eigenvalue weighted by Crippen LogP contribution is -2.12. The van der Waals surface area contributed by atoms with Gasteiger partial charge >= 0.3 is 5.97 Å². The fourth-order valence-corrected chi connectivity index (χ4v) is 2.55. The summed E-state index contributed by atoms with van der Waals surface area (Å²) in [5.74, 6) is 0.588. The number of hydrogen-bond acceptors (Lipinski definition) is 6. The first-order valence-corrected chi connectivity index (χ1v) is 9.18. The number of para-hydroxylation sites is 1. The van der Waals surface area contributed by atoms with Crippen molar-refractivity contribution < 1.29 is 27.4 Å². The zero-order valence-corrected chi connectivity index (χ0v) is 14.9. The van der Waals surface area contributed by atoms with E-state index < -0.39 is 16.0 Å². The molecule has 0 amide bonds. The van der Waals surface area contributed by atoms with Crippen molar-refractivity contribution in [3.05, 3.63) is 60.2 Å². The monoisotopic (exact) mass is 377 g/mol. The van der Waals surface area contributed by atoms with E-state index in [2.05, 4.69) is 0 Å². The molecule has 2 N–H and O–H groups in total. The lowest BCUT2D eigenvalue weighted by Gasteiger charge is -2.07. The number of carbonyl (C=O) groups excluding carboxylic acids is 1. The average molecular weight is 377 g/mol. The van der Waals surface area contributed by atoms with Gasteiger partial charge in [0.25, 0.3) is 0 Å². The fraction of sp³-hybridized carbons (Fsp3) is 0.167. The summed E-state index contributed by atoms with van der Waals surface area (Å²) < 4.78 is 37.9. The second-order valence-corrected chi connectivity index (χ2v) is 6.67. The van der Waals surface area contributed by atoms with Gasteiger partial charge < -0.3 is 14.2 Å². The molecule has 0 aromatic heterocycles. The summed E-state index contributed by atoms with van der Waals surface area (Å²) in [6.45, 7) is 0.176. The molecule has 8 heteroatoms. The summed E-state index contributed by atoms with van der Waals surface area (Å²) in [5, 5.41) is 5.01. The van der Waals surface area contributed by atoms with Crippen LogP contribution in [0.3, 0.4) is 0 Å². The van der Waals surface area contributed by atoms with E-state index in [9.17, 15) is 13.2 Å². The molecule has 0 atom stereocenters. The molecule has 0 bridgehead atoms. The van der Waals surface area contributed by atoms with Gasteiger partial charge in [-0.05, 0) is 36.4 Å². The summed E-state index contributed by atoms with van der Waals surface area (Å²) >= 11 is 0. The first-order valence-electron chi connectivity index (χ1n) is 7.63. The van der Waals surface area contributed by atoms with Gasteiger partial charge in [-0.15, -0.1) is 0 Å². The smallest absolute Gasteiger partial charge is 0.330 e. The van der Waals surface area contributed by atoms with Crippen LogP contribution in [0.2, 0.25) is 0 Å². The van der Waals surface area contributed by atoms with Gasteiger partial charge in [0.05, 0.1) is 12.0 Å². The van der Waals surface area contributed by atoms with E-state index in [1.54, 1.807) is 19.3 Å². The molecular formula is C18H19NO6S. The molecule has 138 valence electrons. The second-order valence-electron chi connectivity index (χ2n) is 5.11. The summed E-state index contributed by atoms with van der Waals surface area (Å²) in [4.78, 5) is 11.7. The average Bonchev–Trinajstić information content (AvgIpc) is 2.63. The molecular weight excluding hydrogens is 358 g/mol. The Kier molecular flexibility index (Phi) is 6.76. The van der Waals surface area contributed by atoms with Crippen molar-refractivity contribution in [1.29, 1.82) is 0 Å². The van der Waals surface area contributed by atoms with E-state index in [1.807, 2.05) is 18.2 Å². The van der Waals surface area contributed by atoms with Gasteiger partial charge in [0.15, 0.2) is 0 Å². The van der Waals surface area contributed by atoms with Crippen LogP contribution in [0.1, 0.15) is 5.56 Å².